The molecule has 0 spiro atoms. The van der Waals surface area contributed by atoms with E-state index >= 15 is 0 Å². The van der Waals surface area contributed by atoms with Gasteiger partial charge in [-0.3, -0.25) is 0 Å². The fourth-order valence-electron chi connectivity index (χ4n) is 4.12. The summed E-state index contributed by atoms with van der Waals surface area (Å²) >= 11 is 3.51. The molecule has 4 rings (SSSR count). The third-order valence-electron chi connectivity index (χ3n) is 5.41. The lowest BCUT2D eigenvalue weighted by molar-refractivity contribution is -0.143. The van der Waals surface area contributed by atoms with Crippen LogP contribution in [0.1, 0.15) is 23.6 Å². The van der Waals surface area contributed by atoms with Crippen LogP contribution in [0.5, 0.6) is 0 Å². The van der Waals surface area contributed by atoms with E-state index in [1.807, 2.05) is 48.5 Å². The molecule has 1 fully saturated rings. The molecule has 2 aromatic rings. The molecule has 3 atom stereocenters. The Hall–Kier alpha value is -2.54. The van der Waals surface area contributed by atoms with Gasteiger partial charge in [0, 0.05) is 22.6 Å². The van der Waals surface area contributed by atoms with Crippen molar-refractivity contribution in [1.82, 2.24) is 4.90 Å². The van der Waals surface area contributed by atoms with Crippen LogP contribution < -0.4 is 5.32 Å². The first-order chi connectivity index (χ1) is 13.6. The number of carbonyl (C=O) groups is 2. The van der Waals surface area contributed by atoms with Gasteiger partial charge in [-0.25, -0.2) is 9.59 Å². The summed E-state index contributed by atoms with van der Waals surface area (Å²) in [5.41, 5.74) is 2.75. The topological polar surface area (TPSA) is 67.9 Å². The van der Waals surface area contributed by atoms with Crippen LogP contribution in [0, 0.1) is 5.92 Å². The van der Waals surface area contributed by atoms with Crippen molar-refractivity contribution in [3.8, 4) is 0 Å². The molecule has 7 heteroatoms. The Labute approximate surface area is 171 Å². The van der Waals surface area contributed by atoms with Gasteiger partial charge in [-0.2, -0.15) is 0 Å². The normalized spacial score (nSPS) is 22.6. The van der Waals surface area contributed by atoms with E-state index in [2.05, 4.69) is 21.2 Å². The SMILES string of the molecule is COC(=O)[C@H]1Nc2ccc(Br)cc2[C@@H]2[C@H]1CCN2C(=O)OCc1ccccc1. The van der Waals surface area contributed by atoms with Gasteiger partial charge in [-0.05, 0) is 35.7 Å². The zero-order chi connectivity index (χ0) is 19.7. The highest BCUT2D eigenvalue weighted by atomic mass is 79.9. The van der Waals surface area contributed by atoms with Gasteiger partial charge >= 0.3 is 12.1 Å². The number of likely N-dealkylation sites (tertiary alicyclic amines) is 1. The van der Waals surface area contributed by atoms with E-state index in [1.165, 1.54) is 7.11 Å². The lowest BCUT2D eigenvalue weighted by atomic mass is 9.83. The molecule has 146 valence electrons. The molecule has 2 heterocycles. The molecular weight excluding hydrogens is 424 g/mol. The van der Waals surface area contributed by atoms with Crippen LogP contribution in [0.3, 0.4) is 0 Å². The largest absolute Gasteiger partial charge is 0.467 e. The van der Waals surface area contributed by atoms with Crippen LogP contribution in [0.4, 0.5) is 10.5 Å². The summed E-state index contributed by atoms with van der Waals surface area (Å²) in [4.78, 5) is 26.9. The number of benzene rings is 2. The van der Waals surface area contributed by atoms with Crippen molar-refractivity contribution in [2.24, 2.45) is 5.92 Å². The highest BCUT2D eigenvalue weighted by Crippen LogP contribution is 2.47. The highest BCUT2D eigenvalue weighted by molar-refractivity contribution is 9.10. The third-order valence-corrected chi connectivity index (χ3v) is 5.90. The quantitative estimate of drug-likeness (QED) is 0.721. The fraction of sp³-hybridized carbons (Fsp3) is 0.333. The number of hydrogen-bond acceptors (Lipinski definition) is 5. The summed E-state index contributed by atoms with van der Waals surface area (Å²) in [6.45, 7) is 0.752. The predicted octanol–water partition coefficient (Wildman–Crippen LogP) is 4.12. The Balaban J connectivity index is 1.60. The van der Waals surface area contributed by atoms with Crippen molar-refractivity contribution in [1.29, 1.82) is 0 Å². The Bertz CT molecular complexity index is 889. The Morgan fingerprint density at radius 1 is 1.21 bits per heavy atom. The Morgan fingerprint density at radius 2 is 2.00 bits per heavy atom. The van der Waals surface area contributed by atoms with Crippen LogP contribution in [-0.4, -0.2) is 36.7 Å². The molecule has 1 N–H and O–H groups in total. The number of methoxy groups -OCH3 is 1. The van der Waals surface area contributed by atoms with E-state index in [-0.39, 0.29) is 30.6 Å². The molecule has 6 nitrogen and oxygen atoms in total. The van der Waals surface area contributed by atoms with Gasteiger partial charge in [-0.1, -0.05) is 46.3 Å². The minimum atomic E-state index is -0.490. The van der Waals surface area contributed by atoms with Gasteiger partial charge in [-0.15, -0.1) is 0 Å². The first-order valence-electron chi connectivity index (χ1n) is 9.19. The van der Waals surface area contributed by atoms with E-state index in [0.717, 1.165) is 21.3 Å². The number of fused-ring (bicyclic) bond motifs is 3. The maximum Gasteiger partial charge on any atom is 0.410 e. The van der Waals surface area contributed by atoms with Crippen molar-refractivity contribution in [2.45, 2.75) is 25.1 Å². The van der Waals surface area contributed by atoms with Gasteiger partial charge in [0.25, 0.3) is 0 Å². The first kappa shape index (κ1) is 18.8. The summed E-state index contributed by atoms with van der Waals surface area (Å²) in [5.74, 6) is -0.387. The lowest BCUT2D eigenvalue weighted by Gasteiger charge is -2.38. The minimum absolute atomic E-state index is 0.0708. The van der Waals surface area contributed by atoms with Crippen molar-refractivity contribution >= 4 is 33.7 Å². The number of halogens is 1. The predicted molar refractivity (Wildman–Crippen MR) is 108 cm³/mol. The van der Waals surface area contributed by atoms with Crippen LogP contribution in [0.25, 0.3) is 0 Å². The molecule has 1 saturated heterocycles. The highest BCUT2D eigenvalue weighted by Gasteiger charge is 2.49. The van der Waals surface area contributed by atoms with Crippen molar-refractivity contribution in [2.75, 3.05) is 19.0 Å². The molecule has 0 radical (unpaired) electrons. The van der Waals surface area contributed by atoms with Crippen molar-refractivity contribution < 1.29 is 19.1 Å². The van der Waals surface area contributed by atoms with E-state index in [9.17, 15) is 9.59 Å². The van der Waals surface area contributed by atoms with Gasteiger partial charge in [0.05, 0.1) is 13.2 Å². The molecule has 28 heavy (non-hydrogen) atoms. The summed E-state index contributed by atoms with van der Waals surface area (Å²) in [5, 5.41) is 3.29. The van der Waals surface area contributed by atoms with Gasteiger partial charge < -0.3 is 19.7 Å². The number of hydrogen-bond donors (Lipinski definition) is 1. The molecule has 0 saturated carbocycles. The number of amides is 1. The summed E-state index contributed by atoms with van der Waals surface area (Å²) in [6.07, 6.45) is 0.330. The third kappa shape index (κ3) is 3.46. The second kappa shape index (κ2) is 7.83. The lowest BCUT2D eigenvalue weighted by Crippen LogP contribution is -2.45. The molecule has 2 aromatic carbocycles. The van der Waals surface area contributed by atoms with Crippen LogP contribution in [0.15, 0.2) is 53.0 Å². The van der Waals surface area contributed by atoms with Crippen LogP contribution in [0.2, 0.25) is 0 Å². The number of nitrogens with zero attached hydrogens (tertiary/aromatic N) is 1. The number of nitrogens with one attached hydrogen (secondary N) is 1. The Morgan fingerprint density at radius 3 is 2.75 bits per heavy atom. The monoisotopic (exact) mass is 444 g/mol. The van der Waals surface area contributed by atoms with E-state index in [4.69, 9.17) is 9.47 Å². The number of esters is 1. The fourth-order valence-corrected chi connectivity index (χ4v) is 4.49. The van der Waals surface area contributed by atoms with E-state index < -0.39 is 6.04 Å². The molecular formula is C21H21BrN2O4. The second-order valence-electron chi connectivity index (χ2n) is 7.01. The maximum atomic E-state index is 12.9. The maximum absolute atomic E-state index is 12.9. The van der Waals surface area contributed by atoms with Gasteiger partial charge in [0.2, 0.25) is 0 Å². The standard InChI is InChI=1S/C21H21BrN2O4/c1-27-20(25)18-15-9-10-24(21(26)28-12-13-5-3-2-4-6-13)19(15)16-11-14(22)7-8-17(16)23-18/h2-8,11,15,18-19,23H,9-10,12H2,1H3/t15-,18-,19-/m0/s1. The zero-order valence-electron chi connectivity index (χ0n) is 15.4. The minimum Gasteiger partial charge on any atom is -0.467 e. The molecule has 0 aliphatic carbocycles. The van der Waals surface area contributed by atoms with E-state index in [1.54, 1.807) is 4.90 Å². The summed E-state index contributed by atoms with van der Waals surface area (Å²) < 4.78 is 11.5. The average molecular weight is 445 g/mol. The summed E-state index contributed by atoms with van der Waals surface area (Å²) in [6, 6.07) is 14.7. The number of anilines is 1. The second-order valence-corrected chi connectivity index (χ2v) is 7.92. The number of ether oxygens (including phenoxy) is 2. The summed E-state index contributed by atoms with van der Waals surface area (Å²) in [7, 11) is 1.39. The van der Waals surface area contributed by atoms with Crippen molar-refractivity contribution in [3.63, 3.8) is 0 Å². The smallest absolute Gasteiger partial charge is 0.410 e. The zero-order valence-corrected chi connectivity index (χ0v) is 17.0. The average Bonchev–Trinajstić information content (AvgIpc) is 3.17. The van der Waals surface area contributed by atoms with Gasteiger partial charge in [0.15, 0.2) is 0 Å². The number of rotatable bonds is 3. The van der Waals surface area contributed by atoms with Gasteiger partial charge in [0.1, 0.15) is 12.6 Å². The molecule has 2 aliphatic rings. The molecule has 2 aliphatic heterocycles. The molecule has 0 unspecified atom stereocenters. The van der Waals surface area contributed by atoms with Crippen LogP contribution >= 0.6 is 15.9 Å². The van der Waals surface area contributed by atoms with E-state index in [0.29, 0.717) is 13.0 Å². The molecule has 0 aromatic heterocycles. The van der Waals surface area contributed by atoms with Crippen molar-refractivity contribution in [3.05, 3.63) is 64.1 Å². The first-order valence-corrected chi connectivity index (χ1v) is 9.99. The Kier molecular flexibility index (Phi) is 5.26. The van der Waals surface area contributed by atoms with Crippen LogP contribution in [-0.2, 0) is 20.9 Å². The molecule has 0 bridgehead atoms. The number of carbonyl (C=O) groups excluding carboxylic acids is 2. The molecule has 1 amide bonds.